The number of unbranched alkanes of at least 4 members (excludes halogenated alkanes) is 44. The summed E-state index contributed by atoms with van der Waals surface area (Å²) in [7, 11) is -5.06. The Balaban J connectivity index is 2.16. The van der Waals surface area contributed by atoms with Crippen LogP contribution in [0.2, 0.25) is 0 Å². The normalized spacial score (nSPS) is 20.8. The Morgan fingerprint density at radius 3 is 0.945 bits per heavy atom. The molecule has 0 aromatic rings. The van der Waals surface area contributed by atoms with Gasteiger partial charge in [0.05, 0.1) is 18.8 Å². The van der Waals surface area contributed by atoms with Gasteiger partial charge in [0.1, 0.15) is 36.6 Å². The molecule has 1 amide bonds. The van der Waals surface area contributed by atoms with Gasteiger partial charge in [0.2, 0.25) is 5.91 Å². The van der Waals surface area contributed by atoms with E-state index in [2.05, 4.69) is 19.2 Å². The van der Waals surface area contributed by atoms with E-state index >= 15 is 0 Å². The lowest BCUT2D eigenvalue weighted by atomic mass is 9.85. The van der Waals surface area contributed by atoms with E-state index in [-0.39, 0.29) is 12.3 Å². The van der Waals surface area contributed by atoms with Crippen molar-refractivity contribution >= 4 is 13.7 Å². The second kappa shape index (κ2) is 49.6. The first-order chi connectivity index (χ1) is 35.4. The van der Waals surface area contributed by atoms with Crippen molar-refractivity contribution in [3.63, 3.8) is 0 Å². The lowest BCUT2D eigenvalue weighted by Crippen LogP contribution is -2.64. The highest BCUT2D eigenvalue weighted by Gasteiger charge is 2.51. The molecule has 1 rings (SSSR count). The van der Waals surface area contributed by atoms with Crippen molar-refractivity contribution in [3.8, 4) is 0 Å². The highest BCUT2D eigenvalue weighted by molar-refractivity contribution is 7.47. The summed E-state index contributed by atoms with van der Waals surface area (Å²) in [5, 5.41) is 64.4. The molecule has 9 atom stereocenters. The largest absolute Gasteiger partial charge is 0.472 e. The molecular weight excluding hydrogens is 942 g/mol. The van der Waals surface area contributed by atoms with Crippen LogP contribution in [0.5, 0.6) is 0 Å². The summed E-state index contributed by atoms with van der Waals surface area (Å²) >= 11 is 0. The fourth-order valence-electron chi connectivity index (χ4n) is 10.6. The van der Waals surface area contributed by atoms with Crippen molar-refractivity contribution in [3.05, 3.63) is 0 Å². The van der Waals surface area contributed by atoms with Crippen LogP contribution < -0.4 is 5.32 Å². The summed E-state index contributed by atoms with van der Waals surface area (Å²) in [6, 6.07) is -1.03. The number of aliphatic hydroxyl groups excluding tert-OH is 6. The van der Waals surface area contributed by atoms with Gasteiger partial charge < -0.3 is 40.8 Å². The second-order valence-electron chi connectivity index (χ2n) is 22.6. The number of amides is 1. The monoisotopic (exact) mass is 1060 g/mol. The van der Waals surface area contributed by atoms with Crippen LogP contribution >= 0.6 is 7.82 Å². The lowest BCUT2D eigenvalue weighted by Gasteiger charge is -2.41. The second-order valence-corrected chi connectivity index (χ2v) is 24.0. The number of carbonyl (C=O) groups excluding carboxylic acids is 1. The Hall–Kier alpha value is -0.660. The molecule has 0 radical (unpaired) electrons. The number of nitrogens with one attached hydrogen (secondary N) is 1. The molecule has 0 bridgehead atoms. The zero-order chi connectivity index (χ0) is 53.5. The van der Waals surface area contributed by atoms with E-state index in [1.165, 1.54) is 244 Å². The Kier molecular flexibility index (Phi) is 47.8. The minimum Gasteiger partial charge on any atom is -0.391 e. The van der Waals surface area contributed by atoms with Crippen molar-refractivity contribution in [2.45, 2.75) is 371 Å². The van der Waals surface area contributed by atoms with Gasteiger partial charge in [-0.1, -0.05) is 303 Å². The molecule has 0 aliphatic heterocycles. The molecule has 1 aliphatic rings. The van der Waals surface area contributed by atoms with Crippen LogP contribution in [0.3, 0.4) is 0 Å². The topological polar surface area (TPSA) is 206 Å². The first-order valence-corrected chi connectivity index (χ1v) is 33.0. The molecule has 12 nitrogen and oxygen atoms in total. The number of carbonyl (C=O) groups is 1. The van der Waals surface area contributed by atoms with E-state index in [1.54, 1.807) is 0 Å². The predicted octanol–water partition coefficient (Wildman–Crippen LogP) is 14.9. The van der Waals surface area contributed by atoms with Gasteiger partial charge in [-0.15, -0.1) is 0 Å². The molecule has 8 N–H and O–H groups in total. The number of phosphoric ester groups is 1. The third kappa shape index (κ3) is 40.2. The molecule has 436 valence electrons. The van der Waals surface area contributed by atoms with Crippen LogP contribution in [0, 0.1) is 0 Å². The van der Waals surface area contributed by atoms with Crippen molar-refractivity contribution in [1.29, 1.82) is 0 Å². The Morgan fingerprint density at radius 1 is 0.411 bits per heavy atom. The maximum atomic E-state index is 13.1. The van der Waals surface area contributed by atoms with E-state index in [0.717, 1.165) is 38.5 Å². The Bertz CT molecular complexity index is 1230. The van der Waals surface area contributed by atoms with Crippen molar-refractivity contribution in [2.75, 3.05) is 6.61 Å². The Labute approximate surface area is 448 Å². The standard InChI is InChI=1S/C60H120NO11P/c1-3-5-7-9-11-13-15-17-18-19-20-21-22-23-24-25-26-27-28-29-30-31-32-33-34-35-36-38-40-42-44-46-48-50-54(63)61-52(53(62)49-47-45-43-41-39-37-16-14-12-10-8-6-4-2)51-71-73(69,70)72-60-58(67)56(65)55(64)57(66)59(60)68/h52-53,55-60,62,64-68H,3-51H2,1-2H3,(H,61,63)(H,69,70)/t52-,53+,55?,56+,57?,58?,59?,60?/m0/s1. The van der Waals surface area contributed by atoms with Gasteiger partial charge in [0.25, 0.3) is 0 Å². The summed E-state index contributed by atoms with van der Waals surface area (Å²) in [5.74, 6) is -0.300. The van der Waals surface area contributed by atoms with Gasteiger partial charge in [-0.05, 0) is 12.8 Å². The molecule has 0 aromatic heterocycles. The third-order valence-corrected chi connectivity index (χ3v) is 16.7. The fraction of sp³-hybridized carbons (Fsp3) is 0.983. The molecule has 0 aromatic carbocycles. The van der Waals surface area contributed by atoms with Crippen LogP contribution in [-0.2, 0) is 18.4 Å². The smallest absolute Gasteiger partial charge is 0.391 e. The summed E-state index contributed by atoms with van der Waals surface area (Å²) in [4.78, 5) is 23.6. The zero-order valence-corrected chi connectivity index (χ0v) is 48.4. The minimum absolute atomic E-state index is 0.243. The minimum atomic E-state index is -5.06. The van der Waals surface area contributed by atoms with E-state index in [9.17, 15) is 44.9 Å². The van der Waals surface area contributed by atoms with Gasteiger partial charge in [-0.2, -0.15) is 0 Å². The van der Waals surface area contributed by atoms with Crippen LogP contribution in [0.15, 0.2) is 0 Å². The van der Waals surface area contributed by atoms with Gasteiger partial charge in [0, 0.05) is 6.42 Å². The zero-order valence-electron chi connectivity index (χ0n) is 47.5. The summed E-state index contributed by atoms with van der Waals surface area (Å²) in [6.45, 7) is 3.94. The summed E-state index contributed by atoms with van der Waals surface area (Å²) in [5.41, 5.74) is 0. The van der Waals surface area contributed by atoms with Crippen LogP contribution in [0.25, 0.3) is 0 Å². The molecule has 6 unspecified atom stereocenters. The Morgan fingerprint density at radius 2 is 0.658 bits per heavy atom. The molecule has 1 aliphatic carbocycles. The summed E-state index contributed by atoms with van der Waals surface area (Å²) < 4.78 is 23.1. The number of hydrogen-bond acceptors (Lipinski definition) is 10. The molecule has 73 heavy (non-hydrogen) atoms. The number of phosphoric acid groups is 1. The maximum absolute atomic E-state index is 13.1. The van der Waals surface area contributed by atoms with E-state index in [0.29, 0.717) is 19.3 Å². The lowest BCUT2D eigenvalue weighted by molar-refractivity contribution is -0.220. The molecule has 0 heterocycles. The van der Waals surface area contributed by atoms with Gasteiger partial charge in [-0.25, -0.2) is 4.57 Å². The van der Waals surface area contributed by atoms with Crippen LogP contribution in [0.1, 0.15) is 322 Å². The van der Waals surface area contributed by atoms with Crippen molar-refractivity contribution < 1.29 is 53.9 Å². The average Bonchev–Trinajstić information content (AvgIpc) is 3.38. The first kappa shape index (κ1) is 70.4. The molecule has 0 spiro atoms. The highest BCUT2D eigenvalue weighted by Crippen LogP contribution is 2.47. The quantitative estimate of drug-likeness (QED) is 0.0212. The molecule has 1 saturated carbocycles. The molecule has 1 fully saturated rings. The van der Waals surface area contributed by atoms with Gasteiger partial charge in [0.15, 0.2) is 0 Å². The highest BCUT2D eigenvalue weighted by atomic mass is 31.2. The fourth-order valence-corrected chi connectivity index (χ4v) is 11.6. The number of aliphatic hydroxyl groups is 6. The molecular formula is C60H120NO11P. The summed E-state index contributed by atoms with van der Waals surface area (Å²) in [6.07, 6.45) is 47.5. The third-order valence-electron chi connectivity index (χ3n) is 15.7. The van der Waals surface area contributed by atoms with Crippen LogP contribution in [0.4, 0.5) is 0 Å². The first-order valence-electron chi connectivity index (χ1n) is 31.5. The van der Waals surface area contributed by atoms with E-state index < -0.39 is 63.2 Å². The van der Waals surface area contributed by atoms with Gasteiger partial charge in [-0.3, -0.25) is 13.8 Å². The van der Waals surface area contributed by atoms with Crippen molar-refractivity contribution in [2.24, 2.45) is 0 Å². The van der Waals surface area contributed by atoms with Crippen LogP contribution in [-0.4, -0.2) is 96.8 Å². The predicted molar refractivity (Wildman–Crippen MR) is 302 cm³/mol. The maximum Gasteiger partial charge on any atom is 0.472 e. The molecule has 13 heteroatoms. The van der Waals surface area contributed by atoms with Gasteiger partial charge >= 0.3 is 7.82 Å². The molecule has 0 saturated heterocycles. The van der Waals surface area contributed by atoms with E-state index in [1.807, 2.05) is 0 Å². The van der Waals surface area contributed by atoms with E-state index in [4.69, 9.17) is 9.05 Å². The average molecular weight is 1060 g/mol. The number of hydrogen-bond donors (Lipinski definition) is 8. The number of rotatable bonds is 55. The SMILES string of the molecule is CCCCCCCCCCCCCCCCCCCCCCCCCCCCCCCCCCCC(=O)N[C@@H](COP(=O)(O)OC1C(O)C(O)C(O)[C@@H](O)C1O)[C@H](O)CCCCCCCCCCCCCCC. The van der Waals surface area contributed by atoms with Crippen molar-refractivity contribution in [1.82, 2.24) is 5.32 Å².